The first-order valence-electron chi connectivity index (χ1n) is 7.66. The standard InChI is InChI=1S/C16H20ClN3O2/c1-11-4-5-13(17)14(9-11)18-16(22)19-8-6-12(10-19)20-7-2-3-15(20)21/h4-5,9,12H,2-3,6-8,10H2,1H3,(H,18,22). The maximum atomic E-state index is 12.4. The summed E-state index contributed by atoms with van der Waals surface area (Å²) in [6, 6.07) is 5.55. The molecular weight excluding hydrogens is 302 g/mol. The van der Waals surface area contributed by atoms with Crippen molar-refractivity contribution in [1.82, 2.24) is 9.80 Å². The summed E-state index contributed by atoms with van der Waals surface area (Å²) in [5.74, 6) is 0.217. The number of hydrogen-bond donors (Lipinski definition) is 1. The fraction of sp³-hybridized carbons (Fsp3) is 0.500. The van der Waals surface area contributed by atoms with Crippen LogP contribution in [0.1, 0.15) is 24.8 Å². The summed E-state index contributed by atoms with van der Waals surface area (Å²) >= 11 is 6.11. The van der Waals surface area contributed by atoms with Gasteiger partial charge in [-0.15, -0.1) is 0 Å². The van der Waals surface area contributed by atoms with Crippen LogP contribution in [0.3, 0.4) is 0 Å². The molecule has 2 heterocycles. The van der Waals surface area contributed by atoms with Crippen LogP contribution >= 0.6 is 11.6 Å². The number of benzene rings is 1. The molecule has 3 rings (SSSR count). The van der Waals surface area contributed by atoms with Gasteiger partial charge >= 0.3 is 6.03 Å². The largest absolute Gasteiger partial charge is 0.338 e. The highest BCUT2D eigenvalue weighted by Crippen LogP contribution is 2.25. The molecule has 1 aromatic carbocycles. The molecule has 2 saturated heterocycles. The number of carbonyl (C=O) groups is 2. The van der Waals surface area contributed by atoms with Gasteiger partial charge in [0.15, 0.2) is 0 Å². The number of hydrogen-bond acceptors (Lipinski definition) is 2. The summed E-state index contributed by atoms with van der Waals surface area (Å²) in [6.45, 7) is 4.05. The zero-order chi connectivity index (χ0) is 15.7. The molecule has 0 radical (unpaired) electrons. The van der Waals surface area contributed by atoms with E-state index in [-0.39, 0.29) is 18.0 Å². The van der Waals surface area contributed by atoms with Crippen molar-refractivity contribution in [1.29, 1.82) is 0 Å². The van der Waals surface area contributed by atoms with Gasteiger partial charge in [0.2, 0.25) is 5.91 Å². The van der Waals surface area contributed by atoms with Gasteiger partial charge in [0.25, 0.3) is 0 Å². The Morgan fingerprint density at radius 1 is 1.36 bits per heavy atom. The zero-order valence-corrected chi connectivity index (χ0v) is 13.4. The Morgan fingerprint density at radius 2 is 2.18 bits per heavy atom. The molecule has 2 aliphatic heterocycles. The minimum absolute atomic E-state index is 0.151. The number of nitrogens with one attached hydrogen (secondary N) is 1. The van der Waals surface area contributed by atoms with Gasteiger partial charge in [-0.05, 0) is 37.5 Å². The van der Waals surface area contributed by atoms with Gasteiger partial charge in [-0.25, -0.2) is 4.79 Å². The molecule has 5 nitrogen and oxygen atoms in total. The van der Waals surface area contributed by atoms with E-state index in [4.69, 9.17) is 11.6 Å². The van der Waals surface area contributed by atoms with E-state index >= 15 is 0 Å². The number of amides is 3. The Bertz CT molecular complexity index is 605. The molecule has 3 amide bonds. The van der Waals surface area contributed by atoms with Crippen molar-refractivity contribution in [2.24, 2.45) is 0 Å². The predicted octanol–water partition coefficient (Wildman–Crippen LogP) is 2.88. The summed E-state index contributed by atoms with van der Waals surface area (Å²) in [5.41, 5.74) is 1.68. The van der Waals surface area contributed by atoms with Crippen LogP contribution in [-0.2, 0) is 4.79 Å². The molecule has 1 unspecified atom stereocenters. The van der Waals surface area contributed by atoms with Gasteiger partial charge in [0.05, 0.1) is 16.8 Å². The molecule has 0 aromatic heterocycles. The van der Waals surface area contributed by atoms with E-state index < -0.39 is 0 Å². The molecule has 118 valence electrons. The average molecular weight is 322 g/mol. The summed E-state index contributed by atoms with van der Waals surface area (Å²) in [7, 11) is 0. The van der Waals surface area contributed by atoms with Crippen LogP contribution in [0.5, 0.6) is 0 Å². The monoisotopic (exact) mass is 321 g/mol. The Morgan fingerprint density at radius 3 is 2.91 bits per heavy atom. The molecule has 0 aliphatic carbocycles. The first-order chi connectivity index (χ1) is 10.5. The summed E-state index contributed by atoms with van der Waals surface area (Å²) in [5, 5.41) is 3.40. The highest BCUT2D eigenvalue weighted by atomic mass is 35.5. The minimum atomic E-state index is -0.151. The lowest BCUT2D eigenvalue weighted by molar-refractivity contribution is -0.129. The molecule has 1 aromatic rings. The van der Waals surface area contributed by atoms with Crippen molar-refractivity contribution >= 4 is 29.2 Å². The van der Waals surface area contributed by atoms with Gasteiger partial charge in [-0.2, -0.15) is 0 Å². The van der Waals surface area contributed by atoms with Crippen molar-refractivity contribution in [3.05, 3.63) is 28.8 Å². The molecule has 2 fully saturated rings. The number of urea groups is 1. The molecule has 0 spiro atoms. The Balaban J connectivity index is 1.62. The van der Waals surface area contributed by atoms with Gasteiger partial charge < -0.3 is 15.1 Å². The van der Waals surface area contributed by atoms with Gasteiger partial charge in [0.1, 0.15) is 0 Å². The topological polar surface area (TPSA) is 52.7 Å². The predicted molar refractivity (Wildman–Crippen MR) is 86.1 cm³/mol. The molecule has 0 bridgehead atoms. The fourth-order valence-electron chi connectivity index (χ4n) is 3.16. The van der Waals surface area contributed by atoms with E-state index in [0.717, 1.165) is 24.9 Å². The van der Waals surface area contributed by atoms with Crippen molar-refractivity contribution in [2.45, 2.75) is 32.2 Å². The second-order valence-corrected chi connectivity index (χ2v) is 6.40. The number of halogens is 1. The number of rotatable bonds is 2. The minimum Gasteiger partial charge on any atom is -0.338 e. The summed E-state index contributed by atoms with van der Waals surface area (Å²) in [6.07, 6.45) is 2.42. The molecular formula is C16H20ClN3O2. The fourth-order valence-corrected chi connectivity index (χ4v) is 3.33. The lowest BCUT2D eigenvalue weighted by atomic mass is 10.2. The van der Waals surface area contributed by atoms with Crippen LogP contribution in [0, 0.1) is 6.92 Å². The van der Waals surface area contributed by atoms with E-state index in [2.05, 4.69) is 5.32 Å². The lowest BCUT2D eigenvalue weighted by Gasteiger charge is -2.24. The first-order valence-corrected chi connectivity index (χ1v) is 8.04. The van der Waals surface area contributed by atoms with Crippen LogP contribution < -0.4 is 5.32 Å². The van der Waals surface area contributed by atoms with E-state index in [0.29, 0.717) is 30.2 Å². The summed E-state index contributed by atoms with van der Waals surface area (Å²) < 4.78 is 0. The Hall–Kier alpha value is -1.75. The van der Waals surface area contributed by atoms with E-state index in [1.165, 1.54) is 0 Å². The van der Waals surface area contributed by atoms with Crippen LogP contribution in [0.15, 0.2) is 18.2 Å². The van der Waals surface area contributed by atoms with Crippen LogP contribution in [0.2, 0.25) is 5.02 Å². The smallest absolute Gasteiger partial charge is 0.321 e. The second-order valence-electron chi connectivity index (χ2n) is 5.99. The third-order valence-corrected chi connectivity index (χ3v) is 4.69. The quantitative estimate of drug-likeness (QED) is 0.910. The van der Waals surface area contributed by atoms with Gasteiger partial charge in [-0.3, -0.25) is 4.79 Å². The van der Waals surface area contributed by atoms with Crippen molar-refractivity contribution in [2.75, 3.05) is 25.0 Å². The van der Waals surface area contributed by atoms with Crippen molar-refractivity contribution < 1.29 is 9.59 Å². The number of anilines is 1. The van der Waals surface area contributed by atoms with Crippen LogP contribution in [0.4, 0.5) is 10.5 Å². The molecule has 2 aliphatic rings. The SMILES string of the molecule is Cc1ccc(Cl)c(NC(=O)N2CCC(N3CCCC3=O)C2)c1. The second kappa shape index (κ2) is 6.16. The normalized spacial score (nSPS) is 21.5. The van der Waals surface area contributed by atoms with Crippen LogP contribution in [0.25, 0.3) is 0 Å². The van der Waals surface area contributed by atoms with E-state index in [1.54, 1.807) is 11.0 Å². The lowest BCUT2D eigenvalue weighted by Crippen LogP contribution is -2.40. The van der Waals surface area contributed by atoms with Crippen LogP contribution in [-0.4, -0.2) is 47.4 Å². The maximum Gasteiger partial charge on any atom is 0.321 e. The summed E-state index contributed by atoms with van der Waals surface area (Å²) in [4.78, 5) is 27.9. The van der Waals surface area contributed by atoms with E-state index in [9.17, 15) is 9.59 Å². The van der Waals surface area contributed by atoms with Crippen molar-refractivity contribution in [3.8, 4) is 0 Å². The number of likely N-dealkylation sites (tertiary alicyclic amines) is 2. The number of aryl methyl sites for hydroxylation is 1. The first kappa shape index (κ1) is 15.2. The average Bonchev–Trinajstić information content (AvgIpc) is 3.11. The zero-order valence-electron chi connectivity index (χ0n) is 12.6. The highest BCUT2D eigenvalue weighted by Gasteiger charge is 2.34. The molecule has 1 N–H and O–H groups in total. The Labute approximate surface area is 135 Å². The third-order valence-electron chi connectivity index (χ3n) is 4.36. The molecule has 0 saturated carbocycles. The molecule has 6 heteroatoms. The number of carbonyl (C=O) groups excluding carboxylic acids is 2. The maximum absolute atomic E-state index is 12.4. The highest BCUT2D eigenvalue weighted by molar-refractivity contribution is 6.33. The number of nitrogens with zero attached hydrogens (tertiary/aromatic N) is 2. The Kier molecular flexibility index (Phi) is 4.25. The van der Waals surface area contributed by atoms with Gasteiger partial charge in [0, 0.05) is 26.1 Å². The van der Waals surface area contributed by atoms with Gasteiger partial charge in [-0.1, -0.05) is 17.7 Å². The third kappa shape index (κ3) is 3.04. The molecule has 1 atom stereocenters. The van der Waals surface area contributed by atoms with Crippen molar-refractivity contribution in [3.63, 3.8) is 0 Å². The molecule has 22 heavy (non-hydrogen) atoms. The van der Waals surface area contributed by atoms with E-state index in [1.807, 2.05) is 24.0 Å².